The molecule has 1 aromatic carbocycles. The van der Waals surface area contributed by atoms with Crippen molar-refractivity contribution in [1.82, 2.24) is 0 Å². The summed E-state index contributed by atoms with van der Waals surface area (Å²) in [4.78, 5) is 15.0. The number of para-hydroxylation sites is 1. The van der Waals surface area contributed by atoms with Gasteiger partial charge < -0.3 is 4.90 Å². The molecule has 1 aliphatic rings. The zero-order valence-corrected chi connectivity index (χ0v) is 13.9. The lowest BCUT2D eigenvalue weighted by Gasteiger charge is -2.22. The summed E-state index contributed by atoms with van der Waals surface area (Å²) in [6.07, 6.45) is 0.800. The monoisotopic (exact) mass is 336 g/mol. The maximum atomic E-state index is 12.9. The molecule has 116 valence electrons. The van der Waals surface area contributed by atoms with E-state index in [1.807, 2.05) is 31.2 Å². The number of thiophene rings is 1. The lowest BCUT2D eigenvalue weighted by molar-refractivity contribution is 0.0985. The van der Waals surface area contributed by atoms with Crippen LogP contribution in [0.4, 0.5) is 5.69 Å². The van der Waals surface area contributed by atoms with Gasteiger partial charge in [0.2, 0.25) is 10.0 Å². The summed E-state index contributed by atoms with van der Waals surface area (Å²) in [5.41, 5.74) is 2.66. The highest BCUT2D eigenvalue weighted by Crippen LogP contribution is 2.35. The number of fused-ring (bicyclic) bond motifs is 1. The topological polar surface area (TPSA) is 80.5 Å². The van der Waals surface area contributed by atoms with Gasteiger partial charge in [-0.25, -0.2) is 13.6 Å². The Morgan fingerprint density at radius 2 is 2.05 bits per heavy atom. The highest BCUT2D eigenvalue weighted by Gasteiger charge is 2.33. The molecule has 2 aromatic rings. The average Bonchev–Trinajstić information content (AvgIpc) is 2.97. The first-order valence-corrected chi connectivity index (χ1v) is 9.20. The second kappa shape index (κ2) is 5.19. The number of carbonyl (C=O) groups excluding carboxylic acids is 1. The van der Waals surface area contributed by atoms with E-state index in [0.29, 0.717) is 10.4 Å². The van der Waals surface area contributed by atoms with Crippen LogP contribution in [0.1, 0.15) is 27.7 Å². The fraction of sp³-hybridized carbons (Fsp3) is 0.267. The largest absolute Gasteiger partial charge is 0.304 e. The first-order chi connectivity index (χ1) is 10.3. The van der Waals surface area contributed by atoms with Gasteiger partial charge in [0, 0.05) is 11.7 Å². The van der Waals surface area contributed by atoms with E-state index in [0.717, 1.165) is 29.0 Å². The van der Waals surface area contributed by atoms with Crippen molar-refractivity contribution in [3.05, 3.63) is 46.3 Å². The summed E-state index contributed by atoms with van der Waals surface area (Å²) < 4.78 is 23.0. The van der Waals surface area contributed by atoms with Crippen molar-refractivity contribution in [2.75, 3.05) is 4.90 Å². The van der Waals surface area contributed by atoms with Crippen molar-refractivity contribution in [2.24, 2.45) is 5.14 Å². The molecule has 0 bridgehead atoms. The third-order valence-corrected chi connectivity index (χ3v) is 6.44. The quantitative estimate of drug-likeness (QED) is 0.913. The molecule has 1 amide bonds. The Balaban J connectivity index is 2.04. The summed E-state index contributed by atoms with van der Waals surface area (Å²) in [6.45, 7) is 3.71. The van der Waals surface area contributed by atoms with Gasteiger partial charge in [-0.15, -0.1) is 11.3 Å². The van der Waals surface area contributed by atoms with Crippen LogP contribution in [-0.4, -0.2) is 20.4 Å². The third kappa shape index (κ3) is 2.45. The van der Waals surface area contributed by atoms with Crippen LogP contribution in [0.25, 0.3) is 0 Å². The van der Waals surface area contributed by atoms with Gasteiger partial charge in [0.05, 0.1) is 4.88 Å². The Kier molecular flexibility index (Phi) is 3.58. The number of primary sulfonamides is 1. The Labute approximate surface area is 133 Å². The van der Waals surface area contributed by atoms with Gasteiger partial charge in [-0.3, -0.25) is 4.79 Å². The van der Waals surface area contributed by atoms with Crippen LogP contribution in [0.3, 0.4) is 0 Å². The smallest absolute Gasteiger partial charge is 0.268 e. The molecular weight excluding hydrogens is 320 g/mol. The highest BCUT2D eigenvalue weighted by atomic mass is 32.2. The number of benzene rings is 1. The minimum atomic E-state index is -3.79. The molecule has 5 nitrogen and oxygen atoms in total. The number of rotatable bonds is 2. The number of amides is 1. The first-order valence-electron chi connectivity index (χ1n) is 6.83. The molecule has 0 unspecified atom stereocenters. The highest BCUT2D eigenvalue weighted by molar-refractivity contribution is 7.91. The number of anilines is 1. The molecule has 1 atom stereocenters. The number of hydrogen-bond acceptors (Lipinski definition) is 4. The minimum absolute atomic E-state index is 0.0217. The van der Waals surface area contributed by atoms with Crippen LogP contribution in [0.15, 0.2) is 34.5 Å². The molecule has 1 aromatic heterocycles. The third-order valence-electron chi connectivity index (χ3n) is 3.80. The maximum absolute atomic E-state index is 12.9. The van der Waals surface area contributed by atoms with Crippen molar-refractivity contribution in [3.63, 3.8) is 0 Å². The summed E-state index contributed by atoms with van der Waals surface area (Å²) >= 11 is 0.934. The predicted octanol–water partition coefficient (Wildman–Crippen LogP) is 2.30. The van der Waals surface area contributed by atoms with E-state index in [4.69, 9.17) is 5.14 Å². The lowest BCUT2D eigenvalue weighted by Crippen LogP contribution is -2.35. The zero-order chi connectivity index (χ0) is 16.1. The molecule has 1 aliphatic heterocycles. The van der Waals surface area contributed by atoms with Gasteiger partial charge >= 0.3 is 0 Å². The molecule has 0 aliphatic carbocycles. The molecule has 0 fully saturated rings. The molecule has 7 heteroatoms. The minimum Gasteiger partial charge on any atom is -0.304 e. The number of hydrogen-bond donors (Lipinski definition) is 1. The van der Waals surface area contributed by atoms with E-state index < -0.39 is 10.0 Å². The van der Waals surface area contributed by atoms with Crippen LogP contribution in [0, 0.1) is 6.92 Å². The molecule has 0 saturated carbocycles. The molecule has 2 N–H and O–H groups in total. The Bertz CT molecular complexity index is 855. The van der Waals surface area contributed by atoms with E-state index >= 15 is 0 Å². The fourth-order valence-corrected chi connectivity index (χ4v) is 4.69. The standard InChI is InChI=1S/C15H16N2O3S2/c1-9-7-13(22(16,19)20)21-14(9)15(18)17-10(2)8-11-5-3-4-6-12(11)17/h3-7,10H,8H2,1-2H3,(H2,16,19,20)/t10-/m0/s1. The molecule has 0 saturated heterocycles. The number of nitrogens with two attached hydrogens (primary N) is 1. The van der Waals surface area contributed by atoms with Crippen molar-refractivity contribution in [2.45, 2.75) is 30.5 Å². The van der Waals surface area contributed by atoms with Gasteiger partial charge in [-0.05, 0) is 43.5 Å². The Morgan fingerprint density at radius 3 is 2.68 bits per heavy atom. The van der Waals surface area contributed by atoms with Gasteiger partial charge in [0.25, 0.3) is 5.91 Å². The maximum Gasteiger partial charge on any atom is 0.268 e. The second-order valence-corrected chi connectivity index (χ2v) is 8.32. The Hall–Kier alpha value is -1.70. The first kappa shape index (κ1) is 15.2. The summed E-state index contributed by atoms with van der Waals surface area (Å²) in [7, 11) is -3.79. The molecule has 2 heterocycles. The Morgan fingerprint density at radius 1 is 1.36 bits per heavy atom. The van der Waals surface area contributed by atoms with E-state index in [1.165, 1.54) is 6.07 Å². The number of sulfonamides is 1. The second-order valence-electron chi connectivity index (χ2n) is 5.48. The molecule has 22 heavy (non-hydrogen) atoms. The molecule has 0 spiro atoms. The van der Waals surface area contributed by atoms with E-state index in [1.54, 1.807) is 11.8 Å². The molecule has 0 radical (unpaired) electrons. The van der Waals surface area contributed by atoms with Crippen molar-refractivity contribution >= 4 is 33.0 Å². The van der Waals surface area contributed by atoms with Crippen LogP contribution in [0.5, 0.6) is 0 Å². The SMILES string of the molecule is Cc1cc(S(N)(=O)=O)sc1C(=O)N1c2ccccc2C[C@@H]1C. The van der Waals surface area contributed by atoms with Crippen LogP contribution in [-0.2, 0) is 16.4 Å². The fourth-order valence-electron chi connectivity index (χ4n) is 2.79. The summed E-state index contributed by atoms with van der Waals surface area (Å²) in [6, 6.07) is 9.28. The average molecular weight is 336 g/mol. The van der Waals surface area contributed by atoms with Crippen molar-refractivity contribution < 1.29 is 13.2 Å². The number of carbonyl (C=O) groups is 1. The molecule has 3 rings (SSSR count). The van der Waals surface area contributed by atoms with Gasteiger partial charge in [-0.2, -0.15) is 0 Å². The zero-order valence-electron chi connectivity index (χ0n) is 12.2. The molecular formula is C15H16N2O3S2. The normalized spacial score (nSPS) is 17.6. The van der Waals surface area contributed by atoms with Crippen LogP contribution in [0.2, 0.25) is 0 Å². The van der Waals surface area contributed by atoms with Gasteiger partial charge in [0.1, 0.15) is 4.21 Å². The lowest BCUT2D eigenvalue weighted by atomic mass is 10.1. The van der Waals surface area contributed by atoms with Crippen LogP contribution < -0.4 is 10.0 Å². The van der Waals surface area contributed by atoms with E-state index in [9.17, 15) is 13.2 Å². The van der Waals surface area contributed by atoms with Crippen molar-refractivity contribution in [1.29, 1.82) is 0 Å². The van der Waals surface area contributed by atoms with E-state index in [2.05, 4.69) is 0 Å². The van der Waals surface area contributed by atoms with Gasteiger partial charge in [0.15, 0.2) is 0 Å². The van der Waals surface area contributed by atoms with Crippen LogP contribution >= 0.6 is 11.3 Å². The number of aryl methyl sites for hydroxylation is 1. The van der Waals surface area contributed by atoms with E-state index in [-0.39, 0.29) is 16.2 Å². The van der Waals surface area contributed by atoms with Crippen molar-refractivity contribution in [3.8, 4) is 0 Å². The number of nitrogens with zero attached hydrogens (tertiary/aromatic N) is 1. The predicted molar refractivity (Wildman–Crippen MR) is 86.8 cm³/mol. The summed E-state index contributed by atoms with van der Waals surface area (Å²) in [5, 5.41) is 5.15. The summed E-state index contributed by atoms with van der Waals surface area (Å²) in [5.74, 6) is -0.171. The van der Waals surface area contributed by atoms with Gasteiger partial charge in [-0.1, -0.05) is 18.2 Å².